The summed E-state index contributed by atoms with van der Waals surface area (Å²) in [5.41, 5.74) is 0. The molecule has 2 aliphatic rings. The fourth-order valence-electron chi connectivity index (χ4n) is 3.99. The lowest BCUT2D eigenvalue weighted by Crippen LogP contribution is -2.75. The van der Waals surface area contributed by atoms with Gasteiger partial charge in [-0.05, 0) is 24.7 Å². The van der Waals surface area contributed by atoms with Gasteiger partial charge in [-0.2, -0.15) is 74.6 Å². The van der Waals surface area contributed by atoms with Gasteiger partial charge in [-0.25, -0.2) is 13.2 Å². The molecule has 1 saturated carbocycles. The quantitative estimate of drug-likeness (QED) is 0.187. The SMILES string of the molecule is FC(C(F)(F)C1CC2C=CC1C2)C(F)(F)C(F)(F)C(F)(F)C(F)(F)C(F)(F)C(F)(F)C(F)(F)C(F)(F)F. The molecule has 0 aliphatic heterocycles. The Labute approximate surface area is 191 Å². The van der Waals surface area contributed by atoms with E-state index in [2.05, 4.69) is 0 Å². The second-order valence-electron chi connectivity index (χ2n) is 8.49. The number of hydrogen-bond donors (Lipinski definition) is 0. The van der Waals surface area contributed by atoms with Gasteiger partial charge in [-0.15, -0.1) is 0 Å². The molecule has 37 heavy (non-hydrogen) atoms. The first kappa shape index (κ1) is 31.6. The van der Waals surface area contributed by atoms with Crippen LogP contribution in [0.3, 0.4) is 0 Å². The van der Waals surface area contributed by atoms with Gasteiger partial charge >= 0.3 is 47.6 Å². The molecule has 0 aromatic heterocycles. The number of allylic oxidation sites excluding steroid dienone is 2. The first-order valence-corrected chi connectivity index (χ1v) is 9.39. The first-order chi connectivity index (χ1) is 16.0. The van der Waals surface area contributed by atoms with E-state index < -0.39 is 83.9 Å². The maximum absolute atomic E-state index is 14.3. The van der Waals surface area contributed by atoms with Crippen LogP contribution in [0.25, 0.3) is 0 Å². The van der Waals surface area contributed by atoms with E-state index >= 15 is 0 Å². The van der Waals surface area contributed by atoms with Crippen molar-refractivity contribution >= 4 is 0 Å². The number of rotatable bonds is 9. The molecule has 0 nitrogen and oxygen atoms in total. The number of fused-ring (bicyclic) bond motifs is 2. The molecule has 2 aliphatic carbocycles. The van der Waals surface area contributed by atoms with Gasteiger partial charge in [-0.3, -0.25) is 0 Å². The highest BCUT2D eigenvalue weighted by Crippen LogP contribution is 2.65. The smallest absolute Gasteiger partial charge is 0.234 e. The molecular formula is C17H10F20. The van der Waals surface area contributed by atoms with Crippen LogP contribution in [0.4, 0.5) is 87.8 Å². The molecule has 0 spiro atoms. The van der Waals surface area contributed by atoms with Crippen molar-refractivity contribution in [1.82, 2.24) is 0 Å². The monoisotopic (exact) mass is 594 g/mol. The van der Waals surface area contributed by atoms with Crippen LogP contribution in [0.5, 0.6) is 0 Å². The van der Waals surface area contributed by atoms with Gasteiger partial charge in [0.05, 0.1) is 0 Å². The second kappa shape index (κ2) is 8.17. The van der Waals surface area contributed by atoms with E-state index in [0.29, 0.717) is 0 Å². The van der Waals surface area contributed by atoms with Gasteiger partial charge in [0.25, 0.3) is 5.92 Å². The third-order valence-corrected chi connectivity index (χ3v) is 6.18. The van der Waals surface area contributed by atoms with Gasteiger partial charge in [0.1, 0.15) is 0 Å². The summed E-state index contributed by atoms with van der Waals surface area (Å²) in [5, 5.41) is 0. The lowest BCUT2D eigenvalue weighted by Gasteiger charge is -2.44. The Hall–Kier alpha value is -1.66. The predicted molar refractivity (Wildman–Crippen MR) is 79.4 cm³/mol. The fraction of sp³-hybridized carbons (Fsp3) is 0.882. The topological polar surface area (TPSA) is 0 Å². The Bertz CT molecular complexity index is 895. The molecular weight excluding hydrogens is 584 g/mol. The van der Waals surface area contributed by atoms with Gasteiger partial charge in [0.2, 0.25) is 6.17 Å². The molecule has 0 saturated heterocycles. The van der Waals surface area contributed by atoms with Crippen LogP contribution in [0, 0.1) is 17.8 Å². The van der Waals surface area contributed by atoms with Crippen LogP contribution in [-0.2, 0) is 0 Å². The molecule has 20 heteroatoms. The minimum Gasteiger partial charge on any atom is -0.234 e. The highest BCUT2D eigenvalue weighted by molar-refractivity contribution is 5.19. The predicted octanol–water partition coefficient (Wildman–Crippen LogP) is 8.18. The van der Waals surface area contributed by atoms with E-state index in [1.54, 1.807) is 0 Å². The molecule has 0 N–H and O–H groups in total. The number of alkyl halides is 20. The summed E-state index contributed by atoms with van der Waals surface area (Å²) in [6.45, 7) is 0. The third kappa shape index (κ3) is 3.87. The van der Waals surface area contributed by atoms with E-state index in [9.17, 15) is 87.8 Å². The molecule has 218 valence electrons. The number of halogens is 20. The largest absolute Gasteiger partial charge is 0.460 e. The number of hydrogen-bond acceptors (Lipinski definition) is 0. The van der Waals surface area contributed by atoms with E-state index in [1.807, 2.05) is 0 Å². The molecule has 1 fully saturated rings. The normalized spacial score (nSPS) is 25.7. The van der Waals surface area contributed by atoms with Crippen molar-refractivity contribution in [2.45, 2.75) is 72.6 Å². The second-order valence-corrected chi connectivity index (χ2v) is 8.49. The van der Waals surface area contributed by atoms with Crippen molar-refractivity contribution in [2.75, 3.05) is 0 Å². The van der Waals surface area contributed by atoms with Crippen LogP contribution in [-0.4, -0.2) is 59.7 Å². The third-order valence-electron chi connectivity index (χ3n) is 6.18. The van der Waals surface area contributed by atoms with Crippen LogP contribution in [0.15, 0.2) is 12.2 Å². The van der Waals surface area contributed by atoms with Crippen LogP contribution in [0.1, 0.15) is 12.8 Å². The highest BCUT2D eigenvalue weighted by atomic mass is 19.4. The van der Waals surface area contributed by atoms with Gasteiger partial charge in [-0.1, -0.05) is 12.2 Å². The Morgan fingerprint density at radius 1 is 0.486 bits per heavy atom. The average Bonchev–Trinajstić information content (AvgIpc) is 3.35. The Morgan fingerprint density at radius 2 is 0.865 bits per heavy atom. The Kier molecular flexibility index (Phi) is 6.97. The summed E-state index contributed by atoms with van der Waals surface area (Å²) in [5.74, 6) is -70.8. The zero-order chi connectivity index (χ0) is 29.6. The van der Waals surface area contributed by atoms with E-state index in [-0.39, 0.29) is 6.42 Å². The zero-order valence-electron chi connectivity index (χ0n) is 16.9. The highest BCUT2D eigenvalue weighted by Gasteiger charge is 2.96. The van der Waals surface area contributed by atoms with Crippen LogP contribution >= 0.6 is 0 Å². The van der Waals surface area contributed by atoms with Crippen molar-refractivity contribution in [3.8, 4) is 0 Å². The summed E-state index contributed by atoms with van der Waals surface area (Å²) in [7, 11) is 0. The first-order valence-electron chi connectivity index (χ1n) is 9.39. The lowest BCUT2D eigenvalue weighted by molar-refractivity contribution is -0.465. The minimum atomic E-state index is -8.95. The molecule has 2 bridgehead atoms. The van der Waals surface area contributed by atoms with Gasteiger partial charge in [0.15, 0.2) is 0 Å². The molecule has 4 atom stereocenters. The van der Waals surface area contributed by atoms with Gasteiger partial charge < -0.3 is 0 Å². The Balaban J connectivity index is 2.55. The zero-order valence-corrected chi connectivity index (χ0v) is 16.9. The summed E-state index contributed by atoms with van der Waals surface area (Å²) in [6.07, 6.45) is -12.9. The van der Waals surface area contributed by atoms with Gasteiger partial charge in [0, 0.05) is 5.92 Å². The molecule has 2 rings (SSSR count). The Morgan fingerprint density at radius 3 is 1.19 bits per heavy atom. The van der Waals surface area contributed by atoms with Crippen molar-refractivity contribution < 1.29 is 87.8 Å². The van der Waals surface area contributed by atoms with E-state index in [4.69, 9.17) is 0 Å². The maximum atomic E-state index is 14.3. The fourth-order valence-corrected chi connectivity index (χ4v) is 3.99. The standard InChI is InChI=1S/C17H10F20/c18-8(9(19,20)7-4-5-1-2-6(7)3-5)10(21,22)11(23,24)12(25,26)13(27,28)14(29,30)15(31,32)16(33,34)17(35,36)37/h1-2,5-8H,3-4H2. The summed E-state index contributed by atoms with van der Waals surface area (Å²) in [4.78, 5) is 0. The minimum absolute atomic E-state index is 0.294. The maximum Gasteiger partial charge on any atom is 0.460 e. The summed E-state index contributed by atoms with van der Waals surface area (Å²) in [6, 6.07) is 0. The van der Waals surface area contributed by atoms with E-state index in [0.717, 1.165) is 6.08 Å². The molecule has 0 amide bonds. The molecule has 0 aromatic rings. The average molecular weight is 594 g/mol. The van der Waals surface area contributed by atoms with Crippen molar-refractivity contribution in [3.05, 3.63) is 12.2 Å². The van der Waals surface area contributed by atoms with Crippen LogP contribution in [0.2, 0.25) is 0 Å². The summed E-state index contributed by atoms with van der Waals surface area (Å²) >= 11 is 0. The summed E-state index contributed by atoms with van der Waals surface area (Å²) < 4.78 is 267. The van der Waals surface area contributed by atoms with Crippen molar-refractivity contribution in [2.24, 2.45) is 17.8 Å². The van der Waals surface area contributed by atoms with Crippen molar-refractivity contribution in [3.63, 3.8) is 0 Å². The van der Waals surface area contributed by atoms with E-state index in [1.165, 1.54) is 6.08 Å². The van der Waals surface area contributed by atoms with Crippen molar-refractivity contribution in [1.29, 1.82) is 0 Å². The molecule has 0 aromatic carbocycles. The molecule has 0 heterocycles. The van der Waals surface area contributed by atoms with Crippen LogP contribution < -0.4 is 0 Å². The molecule has 0 radical (unpaired) electrons. The lowest BCUT2D eigenvalue weighted by atomic mass is 9.81. The molecule has 4 unspecified atom stereocenters.